The SMILES string of the molecule is C.CNC(=O)c1ccc(F)c(F)c1. The second kappa shape index (κ2) is 4.54. The molecule has 0 heterocycles. The van der Waals surface area contributed by atoms with Crippen LogP contribution in [-0.2, 0) is 0 Å². The molecule has 2 nitrogen and oxygen atoms in total. The highest BCUT2D eigenvalue weighted by atomic mass is 19.2. The molecule has 0 aromatic heterocycles. The third-order valence-corrected chi connectivity index (χ3v) is 1.41. The zero-order valence-corrected chi connectivity index (χ0v) is 6.40. The van der Waals surface area contributed by atoms with Gasteiger partial charge in [0.15, 0.2) is 11.6 Å². The number of carbonyl (C=O) groups excluding carboxylic acids is 1. The number of carbonyl (C=O) groups is 1. The second-order valence-electron chi connectivity index (χ2n) is 2.21. The van der Waals surface area contributed by atoms with Crippen LogP contribution in [-0.4, -0.2) is 13.0 Å². The normalized spacial score (nSPS) is 8.85. The fourth-order valence-corrected chi connectivity index (χ4v) is 0.782. The van der Waals surface area contributed by atoms with Gasteiger partial charge in [0.1, 0.15) is 0 Å². The van der Waals surface area contributed by atoms with Crippen molar-refractivity contribution in [1.82, 2.24) is 5.32 Å². The molecular weight excluding hydrogens is 176 g/mol. The molecule has 0 saturated heterocycles. The van der Waals surface area contributed by atoms with Gasteiger partial charge in [-0.3, -0.25) is 4.79 Å². The molecule has 13 heavy (non-hydrogen) atoms. The Balaban J connectivity index is 0.00000144. The van der Waals surface area contributed by atoms with Crippen molar-refractivity contribution in [2.75, 3.05) is 7.05 Å². The highest BCUT2D eigenvalue weighted by Gasteiger charge is 2.06. The molecule has 1 rings (SSSR count). The van der Waals surface area contributed by atoms with Crippen molar-refractivity contribution < 1.29 is 13.6 Å². The number of hydrogen-bond acceptors (Lipinski definition) is 1. The van der Waals surface area contributed by atoms with Crippen LogP contribution in [0.1, 0.15) is 17.8 Å². The fraction of sp³-hybridized carbons (Fsp3) is 0.222. The van der Waals surface area contributed by atoms with Gasteiger partial charge in [0.2, 0.25) is 0 Å². The zero-order chi connectivity index (χ0) is 9.14. The molecule has 0 bridgehead atoms. The van der Waals surface area contributed by atoms with E-state index in [4.69, 9.17) is 0 Å². The maximum absolute atomic E-state index is 12.5. The van der Waals surface area contributed by atoms with Gasteiger partial charge in [0.25, 0.3) is 5.91 Å². The maximum Gasteiger partial charge on any atom is 0.251 e. The summed E-state index contributed by atoms with van der Waals surface area (Å²) in [6, 6.07) is 2.99. The lowest BCUT2D eigenvalue weighted by molar-refractivity contribution is 0.0962. The van der Waals surface area contributed by atoms with E-state index >= 15 is 0 Å². The molecule has 0 aliphatic heterocycles. The Hall–Kier alpha value is -1.45. The third-order valence-electron chi connectivity index (χ3n) is 1.41. The maximum atomic E-state index is 12.5. The van der Waals surface area contributed by atoms with Crippen LogP contribution in [0.2, 0.25) is 0 Å². The predicted molar refractivity (Wildman–Crippen MR) is 46.5 cm³/mol. The molecule has 4 heteroatoms. The third kappa shape index (κ3) is 2.50. The monoisotopic (exact) mass is 187 g/mol. The molecule has 0 spiro atoms. The summed E-state index contributed by atoms with van der Waals surface area (Å²) < 4.78 is 24.9. The average Bonchev–Trinajstić information content (AvgIpc) is 2.08. The van der Waals surface area contributed by atoms with Crippen LogP contribution in [0.15, 0.2) is 18.2 Å². The Morgan fingerprint density at radius 3 is 2.38 bits per heavy atom. The Morgan fingerprint density at radius 1 is 1.31 bits per heavy atom. The second-order valence-corrected chi connectivity index (χ2v) is 2.21. The van der Waals surface area contributed by atoms with E-state index in [-0.39, 0.29) is 13.0 Å². The highest BCUT2D eigenvalue weighted by Crippen LogP contribution is 2.07. The van der Waals surface area contributed by atoms with Gasteiger partial charge in [-0.15, -0.1) is 0 Å². The van der Waals surface area contributed by atoms with Crippen LogP contribution < -0.4 is 5.32 Å². The van der Waals surface area contributed by atoms with E-state index in [0.29, 0.717) is 0 Å². The van der Waals surface area contributed by atoms with Crippen molar-refractivity contribution in [1.29, 1.82) is 0 Å². The summed E-state index contributed by atoms with van der Waals surface area (Å²) in [4.78, 5) is 10.9. The molecule has 0 atom stereocenters. The minimum atomic E-state index is -1.02. The first kappa shape index (κ1) is 11.6. The molecule has 1 aromatic rings. The number of nitrogens with one attached hydrogen (secondary N) is 1. The number of benzene rings is 1. The van der Waals surface area contributed by atoms with Crippen molar-refractivity contribution in [2.24, 2.45) is 0 Å². The van der Waals surface area contributed by atoms with Gasteiger partial charge in [0, 0.05) is 12.6 Å². The summed E-state index contributed by atoms with van der Waals surface area (Å²) in [5.41, 5.74) is 0.108. The van der Waals surface area contributed by atoms with Gasteiger partial charge in [-0.25, -0.2) is 8.78 Å². The van der Waals surface area contributed by atoms with Gasteiger partial charge >= 0.3 is 0 Å². The summed E-state index contributed by atoms with van der Waals surface area (Å²) in [5.74, 6) is -2.41. The lowest BCUT2D eigenvalue weighted by Crippen LogP contribution is -2.17. The minimum Gasteiger partial charge on any atom is -0.355 e. The molecule has 0 fully saturated rings. The van der Waals surface area contributed by atoms with Crippen LogP contribution in [0.5, 0.6) is 0 Å². The summed E-state index contributed by atoms with van der Waals surface area (Å²) in [5, 5.41) is 2.30. The van der Waals surface area contributed by atoms with Crippen LogP contribution in [0, 0.1) is 11.6 Å². The molecular formula is C9H11F2NO. The van der Waals surface area contributed by atoms with Gasteiger partial charge in [-0.2, -0.15) is 0 Å². The van der Waals surface area contributed by atoms with Crippen molar-refractivity contribution in [2.45, 2.75) is 7.43 Å². The first-order chi connectivity index (χ1) is 5.65. The number of amides is 1. The molecule has 0 aliphatic carbocycles. The molecule has 0 saturated carbocycles. The van der Waals surface area contributed by atoms with Crippen LogP contribution in [0.4, 0.5) is 8.78 Å². The van der Waals surface area contributed by atoms with E-state index in [9.17, 15) is 13.6 Å². The van der Waals surface area contributed by atoms with E-state index in [1.54, 1.807) is 0 Å². The number of halogens is 2. The number of rotatable bonds is 1. The number of hydrogen-bond donors (Lipinski definition) is 1. The molecule has 1 aromatic carbocycles. The molecule has 0 aliphatic rings. The molecule has 1 amide bonds. The largest absolute Gasteiger partial charge is 0.355 e. The molecule has 72 valence electrons. The van der Waals surface area contributed by atoms with Gasteiger partial charge < -0.3 is 5.32 Å². The first-order valence-electron chi connectivity index (χ1n) is 3.32. The van der Waals surface area contributed by atoms with Crippen LogP contribution in [0.3, 0.4) is 0 Å². The van der Waals surface area contributed by atoms with Gasteiger partial charge in [0.05, 0.1) is 0 Å². The average molecular weight is 187 g/mol. The molecule has 0 unspecified atom stereocenters. The first-order valence-corrected chi connectivity index (χ1v) is 3.32. The standard InChI is InChI=1S/C8H7F2NO.CH4/c1-11-8(12)5-2-3-6(9)7(10)4-5;/h2-4H,1H3,(H,11,12);1H4. The van der Waals surface area contributed by atoms with E-state index < -0.39 is 17.5 Å². The Kier molecular flexibility index (Phi) is 4.04. The Morgan fingerprint density at radius 2 is 1.92 bits per heavy atom. The lowest BCUT2D eigenvalue weighted by Gasteiger charge is -1.99. The van der Waals surface area contributed by atoms with Crippen molar-refractivity contribution in [3.8, 4) is 0 Å². The Bertz CT molecular complexity index is 312. The van der Waals surface area contributed by atoms with E-state index in [1.807, 2.05) is 0 Å². The predicted octanol–water partition coefficient (Wildman–Crippen LogP) is 1.96. The summed E-state index contributed by atoms with van der Waals surface area (Å²) in [6.07, 6.45) is 0. The van der Waals surface area contributed by atoms with Crippen molar-refractivity contribution in [3.63, 3.8) is 0 Å². The Labute approximate surface area is 75.6 Å². The quantitative estimate of drug-likeness (QED) is 0.715. The topological polar surface area (TPSA) is 29.1 Å². The summed E-state index contributed by atoms with van der Waals surface area (Å²) in [6.45, 7) is 0. The summed E-state index contributed by atoms with van der Waals surface area (Å²) in [7, 11) is 1.42. The summed E-state index contributed by atoms with van der Waals surface area (Å²) >= 11 is 0. The van der Waals surface area contributed by atoms with Crippen LogP contribution >= 0.6 is 0 Å². The van der Waals surface area contributed by atoms with E-state index in [1.165, 1.54) is 13.1 Å². The molecule has 0 radical (unpaired) electrons. The molecule has 1 N–H and O–H groups in total. The smallest absolute Gasteiger partial charge is 0.251 e. The highest BCUT2D eigenvalue weighted by molar-refractivity contribution is 5.93. The van der Waals surface area contributed by atoms with Crippen molar-refractivity contribution in [3.05, 3.63) is 35.4 Å². The van der Waals surface area contributed by atoms with Gasteiger partial charge in [-0.05, 0) is 18.2 Å². The van der Waals surface area contributed by atoms with Crippen LogP contribution in [0.25, 0.3) is 0 Å². The minimum absolute atomic E-state index is 0. The lowest BCUT2D eigenvalue weighted by atomic mass is 10.2. The van der Waals surface area contributed by atoms with E-state index in [2.05, 4.69) is 5.32 Å². The van der Waals surface area contributed by atoms with E-state index in [0.717, 1.165) is 12.1 Å². The van der Waals surface area contributed by atoms with Crippen molar-refractivity contribution >= 4 is 5.91 Å². The van der Waals surface area contributed by atoms with Gasteiger partial charge in [-0.1, -0.05) is 7.43 Å². The zero-order valence-electron chi connectivity index (χ0n) is 6.40. The fourth-order valence-electron chi connectivity index (χ4n) is 0.782.